The van der Waals surface area contributed by atoms with E-state index in [9.17, 15) is 4.79 Å². The molecule has 1 heterocycles. The van der Waals surface area contributed by atoms with E-state index in [2.05, 4.69) is 21.2 Å². The third-order valence-corrected chi connectivity index (χ3v) is 8.96. The van der Waals surface area contributed by atoms with E-state index in [1.807, 2.05) is 48.5 Å². The summed E-state index contributed by atoms with van der Waals surface area (Å²) in [4.78, 5) is 19.7. The lowest BCUT2D eigenvalue weighted by Crippen LogP contribution is -2.49. The Bertz CT molecular complexity index is 1720. The first-order valence-corrected chi connectivity index (χ1v) is 16.1. The number of amides is 1. The molecule has 1 amide bonds. The lowest BCUT2D eigenvalue weighted by molar-refractivity contribution is -0.129. The van der Waals surface area contributed by atoms with Gasteiger partial charge in [-0.2, -0.15) is 0 Å². The van der Waals surface area contributed by atoms with Crippen LogP contribution in [0.3, 0.4) is 0 Å². The Morgan fingerprint density at radius 1 is 0.978 bits per heavy atom. The maximum Gasteiger partial charge on any atom is 0.252 e. The van der Waals surface area contributed by atoms with Crippen molar-refractivity contribution in [2.45, 2.75) is 31.0 Å². The van der Waals surface area contributed by atoms with Gasteiger partial charge in [0.2, 0.25) is 5.90 Å². The summed E-state index contributed by atoms with van der Waals surface area (Å²) >= 11 is 16.7. The van der Waals surface area contributed by atoms with Crippen molar-refractivity contribution >= 4 is 50.9 Å². The fraction of sp³-hybridized carbons (Fsp3) is 0.257. The number of carbonyl (C=O) groups is 1. The van der Waals surface area contributed by atoms with Crippen LogP contribution in [0.2, 0.25) is 10.0 Å². The molecule has 0 aromatic heterocycles. The molecule has 1 aliphatic rings. The zero-order chi connectivity index (χ0) is 32.7. The Kier molecular flexibility index (Phi) is 11.1. The Morgan fingerprint density at radius 3 is 2.43 bits per heavy atom. The number of ether oxygens (including phenoxy) is 4. The van der Waals surface area contributed by atoms with Crippen molar-refractivity contribution in [3.63, 3.8) is 0 Å². The van der Waals surface area contributed by atoms with Crippen molar-refractivity contribution in [1.82, 2.24) is 5.32 Å². The Labute approximate surface area is 286 Å². The van der Waals surface area contributed by atoms with Gasteiger partial charge in [0.1, 0.15) is 17.2 Å². The molecule has 2 atom stereocenters. The van der Waals surface area contributed by atoms with Crippen molar-refractivity contribution in [3.05, 3.63) is 122 Å². The lowest BCUT2D eigenvalue weighted by atomic mass is 9.82. The van der Waals surface area contributed by atoms with Crippen molar-refractivity contribution in [3.8, 4) is 17.2 Å². The van der Waals surface area contributed by atoms with Gasteiger partial charge >= 0.3 is 0 Å². The predicted molar refractivity (Wildman–Crippen MR) is 182 cm³/mol. The van der Waals surface area contributed by atoms with Crippen LogP contribution in [0, 0.1) is 0 Å². The number of aliphatic imine (C=N–C) groups is 1. The number of carbonyl (C=O) groups excluding carboxylic acids is 1. The summed E-state index contributed by atoms with van der Waals surface area (Å²) in [6.07, 6.45) is -0.191. The van der Waals surface area contributed by atoms with Crippen LogP contribution in [-0.4, -0.2) is 49.9 Å². The molecular weight excluding hydrogens is 695 g/mol. The minimum atomic E-state index is -1.48. The third-order valence-electron chi connectivity index (χ3n) is 7.63. The molecule has 46 heavy (non-hydrogen) atoms. The summed E-state index contributed by atoms with van der Waals surface area (Å²) in [5.74, 6) is 1.76. The van der Waals surface area contributed by atoms with Crippen LogP contribution in [0.1, 0.15) is 34.8 Å². The van der Waals surface area contributed by atoms with Crippen LogP contribution in [0.5, 0.6) is 17.2 Å². The van der Waals surface area contributed by atoms with E-state index >= 15 is 0 Å². The van der Waals surface area contributed by atoms with Crippen molar-refractivity contribution < 1.29 is 28.8 Å². The predicted octanol–water partition coefficient (Wildman–Crippen LogP) is 7.35. The van der Waals surface area contributed by atoms with Gasteiger partial charge in [0.25, 0.3) is 5.91 Å². The SMILES string of the molecule is COc1ccc(CNC(=O)[C@]2(Cc3ccccc3Br)N=C(c3ccc(OCCCO)cc3)O[C@@H]2c2ccc(Cl)cc2Cl)c(OC)c1. The normalized spacial score (nSPS) is 17.2. The molecule has 0 bridgehead atoms. The average Bonchev–Trinajstić information content (AvgIpc) is 3.45. The van der Waals surface area contributed by atoms with E-state index in [4.69, 9.17) is 52.2 Å². The van der Waals surface area contributed by atoms with Gasteiger partial charge in [-0.3, -0.25) is 4.79 Å². The zero-order valence-electron chi connectivity index (χ0n) is 25.3. The molecule has 8 nitrogen and oxygen atoms in total. The van der Waals surface area contributed by atoms with E-state index < -0.39 is 11.6 Å². The number of rotatable bonds is 13. The van der Waals surface area contributed by atoms with Gasteiger partial charge in [0.15, 0.2) is 11.6 Å². The first-order valence-electron chi connectivity index (χ1n) is 14.6. The van der Waals surface area contributed by atoms with E-state index in [1.165, 1.54) is 0 Å². The minimum Gasteiger partial charge on any atom is -0.497 e. The summed E-state index contributed by atoms with van der Waals surface area (Å²) in [5, 5.41) is 13.0. The van der Waals surface area contributed by atoms with Crippen LogP contribution in [0.15, 0.2) is 94.4 Å². The van der Waals surface area contributed by atoms with E-state index in [0.29, 0.717) is 51.4 Å². The molecule has 0 spiro atoms. The van der Waals surface area contributed by atoms with Gasteiger partial charge < -0.3 is 29.4 Å². The van der Waals surface area contributed by atoms with Crippen LogP contribution in [0.4, 0.5) is 0 Å². The quantitative estimate of drug-likeness (QED) is 0.140. The van der Waals surface area contributed by atoms with Crippen molar-refractivity contribution in [2.24, 2.45) is 4.99 Å². The zero-order valence-corrected chi connectivity index (χ0v) is 28.4. The maximum absolute atomic E-state index is 14.6. The molecule has 0 aliphatic carbocycles. The third kappa shape index (κ3) is 7.44. The van der Waals surface area contributed by atoms with Gasteiger partial charge in [0, 0.05) is 63.3 Å². The Morgan fingerprint density at radius 2 is 1.74 bits per heavy atom. The number of aliphatic hydroxyl groups is 1. The first kappa shape index (κ1) is 33.6. The Hall–Kier alpha value is -3.76. The van der Waals surface area contributed by atoms with Crippen LogP contribution in [0.25, 0.3) is 0 Å². The second-order valence-corrected chi connectivity index (χ2v) is 12.3. The number of aliphatic hydroxyl groups excluding tert-OH is 1. The highest BCUT2D eigenvalue weighted by atomic mass is 79.9. The summed E-state index contributed by atoms with van der Waals surface area (Å²) < 4.78 is 24.0. The highest BCUT2D eigenvalue weighted by Gasteiger charge is 2.54. The van der Waals surface area contributed by atoms with Crippen molar-refractivity contribution in [2.75, 3.05) is 27.4 Å². The topological polar surface area (TPSA) is 98.6 Å². The van der Waals surface area contributed by atoms with E-state index in [0.717, 1.165) is 15.6 Å². The molecule has 0 saturated heterocycles. The summed E-state index contributed by atoms with van der Waals surface area (Å²) in [5.41, 5.74) is 1.36. The smallest absolute Gasteiger partial charge is 0.252 e. The highest BCUT2D eigenvalue weighted by Crippen LogP contribution is 2.46. The molecule has 0 unspecified atom stereocenters. The fourth-order valence-corrected chi connectivity index (χ4v) is 6.16. The fourth-order valence-electron chi connectivity index (χ4n) is 5.23. The van der Waals surface area contributed by atoms with Gasteiger partial charge in [0.05, 0.1) is 20.8 Å². The summed E-state index contributed by atoms with van der Waals surface area (Å²) in [6, 6.07) is 25.4. The van der Waals surface area contributed by atoms with Gasteiger partial charge in [-0.1, -0.05) is 63.4 Å². The molecular formula is C35H33BrCl2N2O6. The molecule has 0 fully saturated rings. The number of benzene rings is 4. The number of nitrogens with one attached hydrogen (secondary N) is 1. The first-order chi connectivity index (χ1) is 22.3. The van der Waals surface area contributed by atoms with E-state index in [1.54, 1.807) is 50.6 Å². The second kappa shape index (κ2) is 15.2. The number of halogens is 3. The molecule has 11 heteroatoms. The number of hydrogen-bond acceptors (Lipinski definition) is 7. The average molecular weight is 728 g/mol. The van der Waals surface area contributed by atoms with Gasteiger partial charge in [-0.15, -0.1) is 0 Å². The molecule has 0 saturated carbocycles. The van der Waals surface area contributed by atoms with Gasteiger partial charge in [-0.05, 0) is 60.2 Å². The monoisotopic (exact) mass is 726 g/mol. The standard InChI is InChI=1S/C35H33BrCl2N2O6/c1-43-27-14-10-24(31(19-27)44-2)21-39-34(42)35(20-23-6-3-4-7-29(23)36)32(28-15-11-25(37)18-30(28)38)46-33(40-35)22-8-12-26(13-9-22)45-17-5-16-41/h3-4,6-15,18-19,32,41H,5,16-17,20-21H2,1-2H3,(H,39,42)/t32-,35-/m1/s1. The van der Waals surface area contributed by atoms with Crippen molar-refractivity contribution in [1.29, 1.82) is 0 Å². The van der Waals surface area contributed by atoms with Crippen LogP contribution >= 0.6 is 39.1 Å². The largest absolute Gasteiger partial charge is 0.497 e. The molecule has 1 aliphatic heterocycles. The van der Waals surface area contributed by atoms with Crippen LogP contribution in [-0.2, 0) is 22.5 Å². The van der Waals surface area contributed by atoms with Gasteiger partial charge in [-0.25, -0.2) is 4.99 Å². The Balaban J connectivity index is 1.59. The molecule has 4 aromatic rings. The highest BCUT2D eigenvalue weighted by molar-refractivity contribution is 9.10. The number of methoxy groups -OCH3 is 2. The summed E-state index contributed by atoms with van der Waals surface area (Å²) in [7, 11) is 3.15. The molecule has 0 radical (unpaired) electrons. The number of nitrogens with zero attached hydrogens (tertiary/aromatic N) is 1. The minimum absolute atomic E-state index is 0.0459. The van der Waals surface area contributed by atoms with Crippen LogP contribution < -0.4 is 19.5 Å². The lowest BCUT2D eigenvalue weighted by Gasteiger charge is -2.31. The number of hydrogen-bond donors (Lipinski definition) is 2. The molecule has 2 N–H and O–H groups in total. The second-order valence-electron chi connectivity index (χ2n) is 10.6. The molecule has 240 valence electrons. The molecule has 5 rings (SSSR count). The van der Waals surface area contributed by atoms with E-state index in [-0.39, 0.29) is 31.4 Å². The molecule has 4 aromatic carbocycles. The summed E-state index contributed by atoms with van der Waals surface area (Å²) in [6.45, 7) is 0.596. The maximum atomic E-state index is 14.6.